The second kappa shape index (κ2) is 11.5. The lowest BCUT2D eigenvalue weighted by atomic mass is 9.81. The van der Waals surface area contributed by atoms with Crippen molar-refractivity contribution in [2.24, 2.45) is 11.8 Å². The Balaban J connectivity index is 1.27. The van der Waals surface area contributed by atoms with Crippen LogP contribution in [-0.2, 0) is 11.2 Å². The predicted molar refractivity (Wildman–Crippen MR) is 129 cm³/mol. The van der Waals surface area contributed by atoms with Crippen LogP contribution in [0.15, 0.2) is 52.6 Å². The molecule has 1 fully saturated rings. The van der Waals surface area contributed by atoms with Crippen molar-refractivity contribution in [3.8, 4) is 5.75 Å². The van der Waals surface area contributed by atoms with Crippen LogP contribution in [0.1, 0.15) is 31.2 Å². The van der Waals surface area contributed by atoms with Crippen LogP contribution < -0.4 is 4.74 Å². The number of rotatable bonds is 11. The molecule has 1 N–H and O–H groups in total. The number of aliphatic carboxylic acids is 1. The molecule has 1 aromatic carbocycles. The number of thioether (sulfide) groups is 1. The van der Waals surface area contributed by atoms with E-state index < -0.39 is 5.97 Å². The fraction of sp³-hybridized carbons (Fsp3) is 0.480. The Morgan fingerprint density at radius 2 is 2.18 bits per heavy atom. The highest BCUT2D eigenvalue weighted by Gasteiger charge is 2.33. The van der Waals surface area contributed by atoms with E-state index >= 15 is 0 Å². The van der Waals surface area contributed by atoms with Crippen LogP contribution in [0.4, 0.5) is 0 Å². The molecular weight excluding hydrogens is 438 g/mol. The number of carbonyl (C=O) groups is 1. The third-order valence-electron chi connectivity index (χ3n) is 6.47. The summed E-state index contributed by atoms with van der Waals surface area (Å²) in [6, 6.07) is 8.01. The van der Waals surface area contributed by atoms with Crippen LogP contribution in [0.2, 0.25) is 0 Å². The molecule has 3 aromatic rings. The number of carboxylic acids is 1. The molecule has 1 aliphatic rings. The summed E-state index contributed by atoms with van der Waals surface area (Å²) in [5.41, 5.74) is 2.21. The van der Waals surface area contributed by atoms with Gasteiger partial charge >= 0.3 is 5.97 Å². The first kappa shape index (κ1) is 23.6. The topological polar surface area (TPSA) is 88.7 Å². The summed E-state index contributed by atoms with van der Waals surface area (Å²) in [5.74, 6) is 1.01. The first-order valence-electron chi connectivity index (χ1n) is 11.5. The van der Waals surface area contributed by atoms with Gasteiger partial charge in [0.25, 0.3) is 5.22 Å². The minimum absolute atomic E-state index is 0.225. The van der Waals surface area contributed by atoms with Gasteiger partial charge in [-0.25, -0.2) is 4.98 Å². The van der Waals surface area contributed by atoms with Crippen LogP contribution in [0.25, 0.3) is 10.9 Å². The van der Waals surface area contributed by atoms with E-state index in [-0.39, 0.29) is 11.8 Å². The van der Waals surface area contributed by atoms with E-state index in [9.17, 15) is 9.90 Å². The van der Waals surface area contributed by atoms with Gasteiger partial charge in [-0.1, -0.05) is 11.8 Å². The summed E-state index contributed by atoms with van der Waals surface area (Å²) in [4.78, 5) is 22.9. The van der Waals surface area contributed by atoms with Crippen molar-refractivity contribution < 1.29 is 19.1 Å². The summed E-state index contributed by atoms with van der Waals surface area (Å²) >= 11 is 1.60. The van der Waals surface area contributed by atoms with Crippen LogP contribution in [0.3, 0.4) is 0 Å². The third-order valence-corrected chi connectivity index (χ3v) is 7.41. The van der Waals surface area contributed by atoms with E-state index in [2.05, 4.69) is 20.9 Å². The van der Waals surface area contributed by atoms with E-state index in [1.807, 2.05) is 24.4 Å². The molecule has 1 saturated heterocycles. The zero-order chi connectivity index (χ0) is 23.0. The predicted octanol–water partition coefficient (Wildman–Crippen LogP) is 4.76. The minimum Gasteiger partial charge on any atom is -0.497 e. The smallest absolute Gasteiger partial charge is 0.308 e. The Bertz CT molecular complexity index is 1040. The third kappa shape index (κ3) is 6.26. The molecule has 2 atom stereocenters. The largest absolute Gasteiger partial charge is 0.497 e. The van der Waals surface area contributed by atoms with Crippen molar-refractivity contribution in [2.45, 2.75) is 37.3 Å². The van der Waals surface area contributed by atoms with Crippen molar-refractivity contribution in [1.29, 1.82) is 0 Å². The van der Waals surface area contributed by atoms with Gasteiger partial charge in [0, 0.05) is 23.9 Å². The number of nitrogens with zero attached hydrogens (tertiary/aromatic N) is 3. The molecule has 7 nitrogen and oxygen atoms in total. The number of hydrogen-bond donors (Lipinski definition) is 1. The second-order valence-electron chi connectivity index (χ2n) is 8.54. The summed E-state index contributed by atoms with van der Waals surface area (Å²) in [7, 11) is 1.67. The quantitative estimate of drug-likeness (QED) is 0.318. The number of benzene rings is 1. The maximum absolute atomic E-state index is 12.0. The summed E-state index contributed by atoms with van der Waals surface area (Å²) in [5, 5.41) is 11.7. The number of hydrogen-bond acceptors (Lipinski definition) is 7. The molecule has 176 valence electrons. The first-order valence-corrected chi connectivity index (χ1v) is 12.5. The Morgan fingerprint density at radius 1 is 1.27 bits per heavy atom. The molecule has 4 rings (SSSR count). The number of likely N-dealkylation sites (tertiary alicyclic amines) is 1. The molecular formula is C25H31N3O4S. The molecule has 0 radical (unpaired) electrons. The number of carboxylic acid groups (broad SMARTS) is 1. The SMILES string of the molecule is COc1ccc2nccc(CCC[C@@H]3CCN(CCCSc4ncco4)C[C@@H]3C(=O)O)c2c1. The fourth-order valence-corrected chi connectivity index (χ4v) is 5.41. The van der Waals surface area contributed by atoms with Crippen LogP contribution in [-0.4, -0.2) is 58.4 Å². The van der Waals surface area contributed by atoms with Gasteiger partial charge < -0.3 is 19.2 Å². The number of fused-ring (bicyclic) bond motifs is 1. The zero-order valence-electron chi connectivity index (χ0n) is 19.0. The number of piperidine rings is 1. The summed E-state index contributed by atoms with van der Waals surface area (Å²) in [6.07, 6.45) is 9.82. The zero-order valence-corrected chi connectivity index (χ0v) is 19.8. The lowest BCUT2D eigenvalue weighted by Crippen LogP contribution is -2.44. The number of ether oxygens (including phenoxy) is 1. The van der Waals surface area contributed by atoms with Crippen molar-refractivity contribution >= 4 is 28.6 Å². The average Bonchev–Trinajstić information content (AvgIpc) is 3.36. The highest BCUT2D eigenvalue weighted by atomic mass is 32.2. The Morgan fingerprint density at radius 3 is 2.97 bits per heavy atom. The van der Waals surface area contributed by atoms with Gasteiger partial charge in [-0.15, -0.1) is 0 Å². The van der Waals surface area contributed by atoms with Gasteiger partial charge in [-0.2, -0.15) is 0 Å². The van der Waals surface area contributed by atoms with Gasteiger partial charge in [-0.05, 0) is 80.9 Å². The summed E-state index contributed by atoms with van der Waals surface area (Å²) in [6.45, 7) is 2.52. The van der Waals surface area contributed by atoms with Crippen molar-refractivity contribution in [2.75, 3.05) is 32.5 Å². The Labute approximate surface area is 198 Å². The monoisotopic (exact) mass is 469 g/mol. The fourth-order valence-electron chi connectivity index (χ4n) is 4.71. The molecule has 1 aliphatic heterocycles. The number of methoxy groups -OCH3 is 1. The molecule has 8 heteroatoms. The molecule has 0 saturated carbocycles. The van der Waals surface area contributed by atoms with Crippen molar-refractivity contribution in [1.82, 2.24) is 14.9 Å². The van der Waals surface area contributed by atoms with Crippen LogP contribution in [0, 0.1) is 11.8 Å². The lowest BCUT2D eigenvalue weighted by Gasteiger charge is -2.36. The van der Waals surface area contributed by atoms with Crippen LogP contribution in [0.5, 0.6) is 5.75 Å². The highest BCUT2D eigenvalue weighted by molar-refractivity contribution is 7.99. The molecule has 3 heterocycles. The van der Waals surface area contributed by atoms with Gasteiger partial charge in [0.1, 0.15) is 12.0 Å². The van der Waals surface area contributed by atoms with Gasteiger partial charge in [-0.3, -0.25) is 9.78 Å². The highest BCUT2D eigenvalue weighted by Crippen LogP contribution is 2.30. The molecule has 0 bridgehead atoms. The minimum atomic E-state index is -0.669. The van der Waals surface area contributed by atoms with Gasteiger partial charge in [0.05, 0.1) is 24.7 Å². The normalized spacial score (nSPS) is 19.1. The maximum atomic E-state index is 12.0. The maximum Gasteiger partial charge on any atom is 0.308 e. The van der Waals surface area contributed by atoms with Gasteiger partial charge in [0.15, 0.2) is 0 Å². The average molecular weight is 470 g/mol. The molecule has 33 heavy (non-hydrogen) atoms. The van der Waals surface area contributed by atoms with Crippen molar-refractivity contribution in [3.63, 3.8) is 0 Å². The molecule has 0 unspecified atom stereocenters. The van der Waals surface area contributed by atoms with Crippen molar-refractivity contribution in [3.05, 3.63) is 48.5 Å². The molecule has 0 amide bonds. The molecule has 0 spiro atoms. The summed E-state index contributed by atoms with van der Waals surface area (Å²) < 4.78 is 10.6. The van der Waals surface area contributed by atoms with E-state index in [4.69, 9.17) is 9.15 Å². The molecule has 0 aliphatic carbocycles. The van der Waals surface area contributed by atoms with Crippen LogP contribution >= 0.6 is 11.8 Å². The number of aryl methyl sites for hydroxylation is 1. The Kier molecular flexibility index (Phi) is 8.23. The van der Waals surface area contributed by atoms with Gasteiger partial charge in [0.2, 0.25) is 0 Å². The Hall–Kier alpha value is -2.58. The number of pyridine rings is 1. The number of oxazole rings is 1. The molecule has 2 aromatic heterocycles. The lowest BCUT2D eigenvalue weighted by molar-refractivity contribution is -0.146. The van der Waals surface area contributed by atoms with E-state index in [0.717, 1.165) is 67.6 Å². The first-order chi connectivity index (χ1) is 16.1. The van der Waals surface area contributed by atoms with E-state index in [1.54, 1.807) is 31.3 Å². The standard InChI is InChI=1S/C25H31N3O4S/c1-31-20-6-7-23-21(16-20)18(8-10-26-23)4-2-5-19-9-13-28(17-22(19)24(29)30)12-3-15-33-25-27-11-14-32-25/h6-8,10-11,14,16,19,22H,2-5,9,12-13,15,17H2,1H3,(H,29,30)/t19-,22+/m1/s1. The number of aromatic nitrogens is 2. The van der Waals surface area contributed by atoms with E-state index in [1.165, 1.54) is 5.56 Å². The second-order valence-corrected chi connectivity index (χ2v) is 9.59. The van der Waals surface area contributed by atoms with E-state index in [0.29, 0.717) is 11.8 Å².